The lowest BCUT2D eigenvalue weighted by Crippen LogP contribution is -2.13. The summed E-state index contributed by atoms with van der Waals surface area (Å²) in [6.45, 7) is 2.73. The van der Waals surface area contributed by atoms with Crippen molar-refractivity contribution >= 4 is 23.2 Å². The molecule has 0 saturated carbocycles. The van der Waals surface area contributed by atoms with E-state index in [4.69, 9.17) is 18.0 Å². The maximum Gasteiger partial charge on any atom is 0.223 e. The highest BCUT2D eigenvalue weighted by molar-refractivity contribution is 7.80. The lowest BCUT2D eigenvalue weighted by Gasteiger charge is -2.06. The largest absolute Gasteiger partial charge is 0.388 e. The summed E-state index contributed by atoms with van der Waals surface area (Å²) in [5.41, 5.74) is 8.51. The van der Waals surface area contributed by atoms with Crippen LogP contribution in [0, 0.1) is 6.92 Å². The zero-order chi connectivity index (χ0) is 13.0. The molecule has 0 aliphatic heterocycles. The second-order valence-electron chi connectivity index (χ2n) is 3.97. The number of nitrogens with two attached hydrogens (primary N) is 1. The third-order valence-corrected chi connectivity index (χ3v) is 2.69. The highest BCUT2D eigenvalue weighted by atomic mass is 32.1. The SMILES string of the molecule is Cc1ccc(CNc2nccc(C(N)=S)n2)cc1. The minimum Gasteiger partial charge on any atom is -0.388 e. The van der Waals surface area contributed by atoms with Gasteiger partial charge in [0.25, 0.3) is 0 Å². The fourth-order valence-electron chi connectivity index (χ4n) is 1.47. The van der Waals surface area contributed by atoms with Crippen LogP contribution in [0.2, 0.25) is 0 Å². The van der Waals surface area contributed by atoms with Gasteiger partial charge in [-0.3, -0.25) is 0 Å². The Morgan fingerprint density at radius 1 is 1.28 bits per heavy atom. The van der Waals surface area contributed by atoms with Crippen molar-refractivity contribution in [3.05, 3.63) is 53.3 Å². The molecule has 0 aliphatic rings. The molecule has 4 nitrogen and oxygen atoms in total. The molecule has 0 atom stereocenters. The number of hydrogen-bond acceptors (Lipinski definition) is 4. The molecule has 0 spiro atoms. The lowest BCUT2D eigenvalue weighted by atomic mass is 10.1. The number of anilines is 1. The van der Waals surface area contributed by atoms with Gasteiger partial charge in [0.2, 0.25) is 5.95 Å². The zero-order valence-electron chi connectivity index (χ0n) is 10.1. The molecule has 3 N–H and O–H groups in total. The maximum absolute atomic E-state index is 5.52. The second-order valence-corrected chi connectivity index (χ2v) is 4.41. The van der Waals surface area contributed by atoms with E-state index >= 15 is 0 Å². The minimum absolute atomic E-state index is 0.274. The number of nitrogens with zero attached hydrogens (tertiary/aromatic N) is 2. The Labute approximate surface area is 111 Å². The van der Waals surface area contributed by atoms with Crippen LogP contribution in [0.1, 0.15) is 16.8 Å². The van der Waals surface area contributed by atoms with Crippen LogP contribution in [0.15, 0.2) is 36.5 Å². The summed E-state index contributed by atoms with van der Waals surface area (Å²) in [5, 5.41) is 3.14. The summed E-state index contributed by atoms with van der Waals surface area (Å²) in [6.07, 6.45) is 1.64. The van der Waals surface area contributed by atoms with E-state index in [1.54, 1.807) is 12.3 Å². The highest BCUT2D eigenvalue weighted by Crippen LogP contribution is 2.06. The quantitative estimate of drug-likeness (QED) is 0.822. The summed E-state index contributed by atoms with van der Waals surface area (Å²) < 4.78 is 0. The molecule has 0 bridgehead atoms. The van der Waals surface area contributed by atoms with E-state index in [2.05, 4.69) is 46.5 Å². The van der Waals surface area contributed by atoms with E-state index < -0.39 is 0 Å². The number of aromatic nitrogens is 2. The van der Waals surface area contributed by atoms with Crippen molar-refractivity contribution in [3.8, 4) is 0 Å². The van der Waals surface area contributed by atoms with E-state index in [-0.39, 0.29) is 4.99 Å². The topological polar surface area (TPSA) is 63.8 Å². The summed E-state index contributed by atoms with van der Waals surface area (Å²) in [4.78, 5) is 8.61. The second kappa shape index (κ2) is 5.55. The van der Waals surface area contributed by atoms with E-state index in [0.717, 1.165) is 0 Å². The van der Waals surface area contributed by atoms with Gasteiger partial charge in [-0.2, -0.15) is 0 Å². The summed E-state index contributed by atoms with van der Waals surface area (Å²) in [6, 6.07) is 9.98. The fourth-order valence-corrected chi connectivity index (χ4v) is 1.58. The Balaban J connectivity index is 2.04. The van der Waals surface area contributed by atoms with Crippen molar-refractivity contribution < 1.29 is 0 Å². The van der Waals surface area contributed by atoms with Crippen molar-refractivity contribution in [2.75, 3.05) is 5.32 Å². The predicted octanol–water partition coefficient (Wildman–Crippen LogP) is 2.03. The molecule has 2 aromatic rings. The minimum atomic E-state index is 0.274. The summed E-state index contributed by atoms with van der Waals surface area (Å²) in [5.74, 6) is 0.529. The number of nitrogens with one attached hydrogen (secondary N) is 1. The van der Waals surface area contributed by atoms with Gasteiger partial charge in [0.1, 0.15) is 10.7 Å². The van der Waals surface area contributed by atoms with Gasteiger partial charge in [-0.15, -0.1) is 0 Å². The fraction of sp³-hybridized carbons (Fsp3) is 0.154. The molecule has 1 heterocycles. The highest BCUT2D eigenvalue weighted by Gasteiger charge is 2.01. The molecule has 0 fully saturated rings. The van der Waals surface area contributed by atoms with Crippen LogP contribution >= 0.6 is 12.2 Å². The molecular formula is C13H14N4S. The molecule has 0 unspecified atom stereocenters. The number of thiocarbonyl (C=S) groups is 1. The molecular weight excluding hydrogens is 244 g/mol. The average molecular weight is 258 g/mol. The van der Waals surface area contributed by atoms with Gasteiger partial charge < -0.3 is 11.1 Å². The van der Waals surface area contributed by atoms with Gasteiger partial charge in [-0.25, -0.2) is 9.97 Å². The maximum atomic E-state index is 5.52. The molecule has 1 aromatic carbocycles. The normalized spacial score (nSPS) is 10.1. The van der Waals surface area contributed by atoms with Crippen molar-refractivity contribution in [2.24, 2.45) is 5.73 Å². The van der Waals surface area contributed by atoms with Crippen molar-refractivity contribution in [3.63, 3.8) is 0 Å². The van der Waals surface area contributed by atoms with Crippen LogP contribution in [-0.4, -0.2) is 15.0 Å². The number of rotatable bonds is 4. The van der Waals surface area contributed by atoms with Gasteiger partial charge >= 0.3 is 0 Å². The Hall–Kier alpha value is -2.01. The van der Waals surface area contributed by atoms with Crippen molar-refractivity contribution in [1.82, 2.24) is 9.97 Å². The van der Waals surface area contributed by atoms with Gasteiger partial charge in [-0.1, -0.05) is 42.0 Å². The lowest BCUT2D eigenvalue weighted by molar-refractivity contribution is 1.05. The molecule has 92 valence electrons. The summed E-state index contributed by atoms with van der Waals surface area (Å²) in [7, 11) is 0. The molecule has 0 amide bonds. The first-order chi connectivity index (χ1) is 8.65. The molecule has 0 aliphatic carbocycles. The Bertz CT molecular complexity index is 551. The van der Waals surface area contributed by atoms with Crippen LogP contribution < -0.4 is 11.1 Å². The number of benzene rings is 1. The van der Waals surface area contributed by atoms with Gasteiger partial charge in [0, 0.05) is 12.7 Å². The number of hydrogen-bond donors (Lipinski definition) is 2. The predicted molar refractivity (Wildman–Crippen MR) is 76.4 cm³/mol. The molecule has 0 radical (unpaired) electrons. The van der Waals surface area contributed by atoms with Crippen molar-refractivity contribution in [1.29, 1.82) is 0 Å². The molecule has 1 aromatic heterocycles. The van der Waals surface area contributed by atoms with Crippen molar-refractivity contribution in [2.45, 2.75) is 13.5 Å². The molecule has 0 saturated heterocycles. The molecule has 18 heavy (non-hydrogen) atoms. The van der Waals surface area contributed by atoms with Crippen LogP contribution in [0.5, 0.6) is 0 Å². The standard InChI is InChI=1S/C13H14N4S/c1-9-2-4-10(5-3-9)8-16-13-15-7-6-11(17-13)12(14)18/h2-7H,8H2,1H3,(H2,14,18)(H,15,16,17). The third-order valence-electron chi connectivity index (χ3n) is 2.48. The van der Waals surface area contributed by atoms with Crippen LogP contribution in [0.4, 0.5) is 5.95 Å². The number of aryl methyl sites for hydroxylation is 1. The van der Waals surface area contributed by atoms with Crippen LogP contribution in [0.3, 0.4) is 0 Å². The Morgan fingerprint density at radius 2 is 2.00 bits per heavy atom. The monoisotopic (exact) mass is 258 g/mol. The zero-order valence-corrected chi connectivity index (χ0v) is 10.9. The van der Waals surface area contributed by atoms with Gasteiger partial charge in [-0.05, 0) is 18.6 Å². The van der Waals surface area contributed by atoms with Crippen LogP contribution in [-0.2, 0) is 6.54 Å². The van der Waals surface area contributed by atoms with E-state index in [1.807, 2.05) is 0 Å². The first kappa shape index (κ1) is 12.4. The average Bonchev–Trinajstić information content (AvgIpc) is 2.38. The Morgan fingerprint density at radius 3 is 2.67 bits per heavy atom. The first-order valence-corrected chi connectivity index (χ1v) is 5.98. The molecule has 5 heteroatoms. The van der Waals surface area contributed by atoms with E-state index in [9.17, 15) is 0 Å². The van der Waals surface area contributed by atoms with Crippen LogP contribution in [0.25, 0.3) is 0 Å². The van der Waals surface area contributed by atoms with Gasteiger partial charge in [0.15, 0.2) is 0 Å². The van der Waals surface area contributed by atoms with Gasteiger partial charge in [0.05, 0.1) is 0 Å². The van der Waals surface area contributed by atoms with E-state index in [1.165, 1.54) is 11.1 Å². The first-order valence-electron chi connectivity index (χ1n) is 5.57. The van der Waals surface area contributed by atoms with E-state index in [0.29, 0.717) is 18.2 Å². The summed E-state index contributed by atoms with van der Waals surface area (Å²) >= 11 is 4.87. The molecule has 2 rings (SSSR count). The Kier molecular flexibility index (Phi) is 3.84. The third kappa shape index (κ3) is 3.24. The smallest absolute Gasteiger partial charge is 0.223 e.